The van der Waals surface area contributed by atoms with E-state index >= 15 is 0 Å². The van der Waals surface area contributed by atoms with E-state index in [0.717, 1.165) is 4.90 Å². The van der Waals surface area contributed by atoms with Gasteiger partial charge >= 0.3 is 0 Å². The van der Waals surface area contributed by atoms with Gasteiger partial charge in [-0.2, -0.15) is 5.26 Å². The number of para-hydroxylation sites is 1. The Bertz CT molecular complexity index is 889. The smallest absolute Gasteiger partial charge is 0.282 e. The molecule has 0 atom stereocenters. The van der Waals surface area contributed by atoms with E-state index in [-0.39, 0.29) is 37.0 Å². The molecule has 0 aromatic heterocycles. The van der Waals surface area contributed by atoms with E-state index in [0.29, 0.717) is 31.7 Å². The van der Waals surface area contributed by atoms with Gasteiger partial charge in [0.2, 0.25) is 0 Å². The average Bonchev–Trinajstić information content (AvgIpc) is 2.76. The van der Waals surface area contributed by atoms with E-state index in [1.165, 1.54) is 11.0 Å². The Hall–Kier alpha value is -3.24. The van der Waals surface area contributed by atoms with E-state index < -0.39 is 5.82 Å². The van der Waals surface area contributed by atoms with Gasteiger partial charge < -0.3 is 14.7 Å². The SMILES string of the molecule is N#CCCN(C(=O)C[NH+]1CCN(C(=O)c2ccccc2)CC1)c1ccccc1F. The fourth-order valence-corrected chi connectivity index (χ4v) is 3.49. The summed E-state index contributed by atoms with van der Waals surface area (Å²) in [4.78, 5) is 29.6. The summed E-state index contributed by atoms with van der Waals surface area (Å²) in [5.41, 5.74) is 0.860. The van der Waals surface area contributed by atoms with Crippen molar-refractivity contribution in [2.75, 3.05) is 44.2 Å². The van der Waals surface area contributed by atoms with Crippen molar-refractivity contribution in [1.82, 2.24) is 4.90 Å². The molecule has 0 unspecified atom stereocenters. The zero-order chi connectivity index (χ0) is 20.6. The summed E-state index contributed by atoms with van der Waals surface area (Å²) in [5.74, 6) is -0.701. The van der Waals surface area contributed by atoms with Crippen LogP contribution in [0.2, 0.25) is 0 Å². The normalized spacial score (nSPS) is 14.3. The van der Waals surface area contributed by atoms with Crippen LogP contribution in [0.15, 0.2) is 54.6 Å². The molecule has 6 nitrogen and oxygen atoms in total. The third-order valence-corrected chi connectivity index (χ3v) is 5.07. The van der Waals surface area contributed by atoms with Crippen molar-refractivity contribution in [2.45, 2.75) is 6.42 Å². The van der Waals surface area contributed by atoms with Gasteiger partial charge in [0.25, 0.3) is 11.8 Å². The molecule has 1 saturated heterocycles. The number of hydrogen-bond acceptors (Lipinski definition) is 3. The lowest BCUT2D eigenvalue weighted by Crippen LogP contribution is -3.15. The molecule has 0 radical (unpaired) electrons. The molecule has 0 spiro atoms. The summed E-state index contributed by atoms with van der Waals surface area (Å²) in [6.07, 6.45) is 0.134. The first-order valence-corrected chi connectivity index (χ1v) is 9.70. The molecule has 7 heteroatoms. The lowest BCUT2D eigenvalue weighted by Gasteiger charge is -2.33. The van der Waals surface area contributed by atoms with Crippen molar-refractivity contribution in [3.8, 4) is 6.07 Å². The van der Waals surface area contributed by atoms with Gasteiger partial charge in [-0.1, -0.05) is 30.3 Å². The van der Waals surface area contributed by atoms with Gasteiger partial charge in [-0.25, -0.2) is 4.39 Å². The van der Waals surface area contributed by atoms with Crippen LogP contribution < -0.4 is 9.80 Å². The molecule has 1 fully saturated rings. The maximum atomic E-state index is 14.2. The number of nitrogens with zero attached hydrogens (tertiary/aromatic N) is 3. The molecule has 1 aliphatic heterocycles. The highest BCUT2D eigenvalue weighted by molar-refractivity contribution is 5.95. The largest absolute Gasteiger partial charge is 0.327 e. The van der Waals surface area contributed by atoms with Gasteiger partial charge in [0.05, 0.1) is 44.4 Å². The second kappa shape index (κ2) is 9.80. The maximum Gasteiger partial charge on any atom is 0.282 e. The zero-order valence-electron chi connectivity index (χ0n) is 16.2. The first kappa shape index (κ1) is 20.5. The molecule has 150 valence electrons. The highest BCUT2D eigenvalue weighted by Gasteiger charge is 2.28. The van der Waals surface area contributed by atoms with Gasteiger partial charge in [-0.3, -0.25) is 9.59 Å². The fraction of sp³-hybridized carbons (Fsp3) is 0.318. The minimum Gasteiger partial charge on any atom is -0.327 e. The molecular weight excluding hydrogens is 371 g/mol. The summed E-state index contributed by atoms with van der Waals surface area (Å²) >= 11 is 0. The van der Waals surface area contributed by atoms with Crippen LogP contribution >= 0.6 is 0 Å². The number of hydrogen-bond donors (Lipinski definition) is 1. The third-order valence-electron chi connectivity index (χ3n) is 5.07. The van der Waals surface area contributed by atoms with E-state index in [4.69, 9.17) is 5.26 Å². The van der Waals surface area contributed by atoms with Crippen molar-refractivity contribution in [3.05, 3.63) is 66.0 Å². The summed E-state index contributed by atoms with van der Waals surface area (Å²) in [6.45, 7) is 2.78. The van der Waals surface area contributed by atoms with Crippen LogP contribution in [-0.4, -0.2) is 56.0 Å². The van der Waals surface area contributed by atoms with Gasteiger partial charge in [0.1, 0.15) is 5.82 Å². The number of piperazine rings is 1. The van der Waals surface area contributed by atoms with E-state index in [2.05, 4.69) is 0 Å². The molecule has 0 aliphatic carbocycles. The van der Waals surface area contributed by atoms with Crippen LogP contribution in [0, 0.1) is 17.1 Å². The second-order valence-electron chi connectivity index (χ2n) is 6.99. The van der Waals surface area contributed by atoms with Gasteiger partial charge in [-0.15, -0.1) is 0 Å². The lowest BCUT2D eigenvalue weighted by molar-refractivity contribution is -0.895. The third kappa shape index (κ3) is 5.18. The van der Waals surface area contributed by atoms with E-state index in [1.54, 1.807) is 35.2 Å². The number of rotatable bonds is 6. The Morgan fingerprint density at radius 3 is 2.38 bits per heavy atom. The van der Waals surface area contributed by atoms with Gasteiger partial charge in [-0.05, 0) is 24.3 Å². The first-order valence-electron chi connectivity index (χ1n) is 9.70. The Morgan fingerprint density at radius 1 is 1.07 bits per heavy atom. The van der Waals surface area contributed by atoms with Gasteiger partial charge in [0.15, 0.2) is 6.54 Å². The minimum atomic E-state index is -0.480. The molecule has 2 amide bonds. The van der Waals surface area contributed by atoms with E-state index in [1.807, 2.05) is 24.3 Å². The predicted molar refractivity (Wildman–Crippen MR) is 107 cm³/mol. The van der Waals surface area contributed by atoms with Crippen LogP contribution in [-0.2, 0) is 4.79 Å². The number of benzene rings is 2. The molecule has 29 heavy (non-hydrogen) atoms. The maximum absolute atomic E-state index is 14.2. The molecule has 0 saturated carbocycles. The van der Waals surface area contributed by atoms with Crippen LogP contribution in [0.5, 0.6) is 0 Å². The number of anilines is 1. The predicted octanol–water partition coefficient (Wildman–Crippen LogP) is 1.11. The van der Waals surface area contributed by atoms with Crippen LogP contribution in [0.25, 0.3) is 0 Å². The molecular formula is C22H24FN4O2+. The second-order valence-corrected chi connectivity index (χ2v) is 6.99. The number of carbonyl (C=O) groups excluding carboxylic acids is 2. The van der Waals surface area contributed by atoms with Crippen molar-refractivity contribution < 1.29 is 18.9 Å². The van der Waals surface area contributed by atoms with Gasteiger partial charge in [0, 0.05) is 12.1 Å². The molecule has 2 aromatic carbocycles. The van der Waals surface area contributed by atoms with Crippen molar-refractivity contribution in [3.63, 3.8) is 0 Å². The monoisotopic (exact) mass is 395 g/mol. The van der Waals surface area contributed by atoms with E-state index in [9.17, 15) is 14.0 Å². The number of nitriles is 1. The summed E-state index contributed by atoms with van der Waals surface area (Å²) in [7, 11) is 0. The Balaban J connectivity index is 1.59. The average molecular weight is 395 g/mol. The van der Waals surface area contributed by atoms with Crippen molar-refractivity contribution in [1.29, 1.82) is 5.26 Å². The number of nitrogens with one attached hydrogen (secondary N) is 1. The minimum absolute atomic E-state index is 0.00187. The highest BCUT2D eigenvalue weighted by atomic mass is 19.1. The molecule has 1 aliphatic rings. The zero-order valence-corrected chi connectivity index (χ0v) is 16.2. The standard InChI is InChI=1S/C22H23FN4O2/c23-19-9-4-5-10-20(19)27(12-6-11-24)21(28)17-25-13-15-26(16-14-25)22(29)18-7-2-1-3-8-18/h1-5,7-10H,6,12-17H2/p+1. The van der Waals surface area contributed by atoms with Crippen LogP contribution in [0.3, 0.4) is 0 Å². The van der Waals surface area contributed by atoms with Crippen molar-refractivity contribution in [2.24, 2.45) is 0 Å². The summed E-state index contributed by atoms with van der Waals surface area (Å²) < 4.78 is 14.2. The Labute approximate surface area is 169 Å². The van der Waals surface area contributed by atoms with Crippen molar-refractivity contribution >= 4 is 17.5 Å². The van der Waals surface area contributed by atoms with Crippen LogP contribution in [0.1, 0.15) is 16.8 Å². The summed E-state index contributed by atoms with van der Waals surface area (Å²) in [5, 5.41) is 8.89. The number of quaternary nitrogens is 1. The quantitative estimate of drug-likeness (QED) is 0.797. The molecule has 3 rings (SSSR count). The number of amides is 2. The number of carbonyl (C=O) groups is 2. The van der Waals surface area contributed by atoms with Crippen LogP contribution in [0.4, 0.5) is 10.1 Å². The topological polar surface area (TPSA) is 68.8 Å². The summed E-state index contributed by atoms with van der Waals surface area (Å²) in [6, 6.07) is 17.3. The number of halogens is 1. The first-order chi connectivity index (χ1) is 14.1. The fourth-order valence-electron chi connectivity index (χ4n) is 3.49. The molecule has 0 bridgehead atoms. The lowest BCUT2D eigenvalue weighted by atomic mass is 10.2. The molecule has 2 aromatic rings. The Kier molecular flexibility index (Phi) is 6.93. The molecule has 1 heterocycles. The highest BCUT2D eigenvalue weighted by Crippen LogP contribution is 2.19. The molecule has 1 N–H and O–H groups in total. The Morgan fingerprint density at radius 2 is 1.72 bits per heavy atom.